The fraction of sp³-hybridized carbons (Fsp3) is 0.250. The molecule has 3 amide bonds. The van der Waals surface area contributed by atoms with E-state index in [0.29, 0.717) is 35.6 Å². The van der Waals surface area contributed by atoms with Crippen LogP contribution in [0.5, 0.6) is 5.75 Å². The number of nitrogens with zero attached hydrogens (tertiary/aromatic N) is 5. The van der Waals surface area contributed by atoms with Gasteiger partial charge in [-0.2, -0.15) is 0 Å². The predicted molar refractivity (Wildman–Crippen MR) is 149 cm³/mol. The third kappa shape index (κ3) is 5.43. The van der Waals surface area contributed by atoms with Gasteiger partial charge >= 0.3 is 0 Å². The fourth-order valence-corrected chi connectivity index (χ4v) is 4.08. The Balaban J connectivity index is 1.58. The molecule has 1 aliphatic heterocycles. The van der Waals surface area contributed by atoms with Crippen molar-refractivity contribution in [3.63, 3.8) is 0 Å². The van der Waals surface area contributed by atoms with Crippen LogP contribution in [0.3, 0.4) is 0 Å². The molecular formula is C28H30N6O5. The molecule has 1 aromatic heterocycles. The first kappa shape index (κ1) is 27.3. The minimum Gasteiger partial charge on any atom is -0.482 e. The van der Waals surface area contributed by atoms with Gasteiger partial charge in [-0.3, -0.25) is 23.7 Å². The van der Waals surface area contributed by atoms with Crippen molar-refractivity contribution in [1.29, 1.82) is 0 Å². The van der Waals surface area contributed by atoms with E-state index < -0.39 is 17.4 Å². The van der Waals surface area contributed by atoms with E-state index in [0.717, 1.165) is 10.1 Å². The van der Waals surface area contributed by atoms with Gasteiger partial charge in [-0.15, -0.1) is 0 Å². The zero-order valence-corrected chi connectivity index (χ0v) is 22.4. The fourth-order valence-electron chi connectivity index (χ4n) is 4.08. The molecule has 202 valence electrons. The minimum absolute atomic E-state index is 0.0555. The van der Waals surface area contributed by atoms with Crippen LogP contribution in [0, 0.1) is 0 Å². The summed E-state index contributed by atoms with van der Waals surface area (Å²) in [6.07, 6.45) is 1.23. The first-order chi connectivity index (χ1) is 18.5. The Bertz CT molecular complexity index is 1570. The van der Waals surface area contributed by atoms with Gasteiger partial charge in [0.05, 0.1) is 22.3 Å². The van der Waals surface area contributed by atoms with Crippen LogP contribution in [0.1, 0.15) is 0 Å². The van der Waals surface area contributed by atoms with Crippen molar-refractivity contribution in [2.75, 3.05) is 52.8 Å². The molecule has 2 aromatic carbocycles. The maximum absolute atomic E-state index is 13.4. The number of anilines is 1. The zero-order chi connectivity index (χ0) is 28.4. The SMILES string of the molecule is C=C(NC(=O)C(=C)n1cnc2c(-c3ccc4c(c3)OCC(=O)N4C)cccc2c1=O)C(=O)N(C)CCN(C)C. The van der Waals surface area contributed by atoms with E-state index in [2.05, 4.69) is 23.5 Å². The number of fused-ring (bicyclic) bond motifs is 2. The summed E-state index contributed by atoms with van der Waals surface area (Å²) in [4.78, 5) is 60.0. The molecule has 0 spiro atoms. The topological polar surface area (TPSA) is 117 Å². The van der Waals surface area contributed by atoms with Gasteiger partial charge in [0.15, 0.2) is 6.61 Å². The van der Waals surface area contributed by atoms with Crippen molar-refractivity contribution < 1.29 is 19.1 Å². The molecule has 2 heterocycles. The molecule has 39 heavy (non-hydrogen) atoms. The third-order valence-corrected chi connectivity index (χ3v) is 6.45. The minimum atomic E-state index is -0.751. The number of para-hydroxylation sites is 1. The van der Waals surface area contributed by atoms with Gasteiger partial charge < -0.3 is 24.8 Å². The standard InChI is InChI=1S/C28H30N6O5/c1-17(27(37)32(5)13-12-31(3)4)30-26(36)18(2)34-16-29-25-20(8-7-9-21(25)28(34)38)19-10-11-22-23(14-19)39-15-24(35)33(22)6/h7-11,14,16H,1-2,12-13,15H2,3-6H3,(H,30,36). The Labute approximate surface area is 225 Å². The van der Waals surface area contributed by atoms with E-state index in [4.69, 9.17) is 4.74 Å². The number of carbonyl (C=O) groups is 3. The second-order valence-corrected chi connectivity index (χ2v) is 9.45. The number of hydrogen-bond donors (Lipinski definition) is 1. The Morgan fingerprint density at radius 3 is 2.56 bits per heavy atom. The number of nitrogens with one attached hydrogen (secondary N) is 1. The Hall–Kier alpha value is -4.77. The Morgan fingerprint density at radius 1 is 1.10 bits per heavy atom. The first-order valence-electron chi connectivity index (χ1n) is 12.1. The second kappa shape index (κ2) is 10.9. The smallest absolute Gasteiger partial charge is 0.272 e. The molecule has 1 aliphatic rings. The summed E-state index contributed by atoms with van der Waals surface area (Å²) in [6.45, 7) is 8.44. The first-order valence-corrected chi connectivity index (χ1v) is 12.1. The van der Waals surface area contributed by atoms with Gasteiger partial charge in [-0.1, -0.05) is 31.4 Å². The van der Waals surface area contributed by atoms with Gasteiger partial charge in [-0.05, 0) is 37.9 Å². The zero-order valence-electron chi connectivity index (χ0n) is 22.4. The summed E-state index contributed by atoms with van der Waals surface area (Å²) in [5.74, 6) is -0.793. The van der Waals surface area contributed by atoms with E-state index in [1.54, 1.807) is 38.4 Å². The molecule has 0 fully saturated rings. The molecule has 4 rings (SSSR count). The van der Waals surface area contributed by atoms with Gasteiger partial charge in [0.2, 0.25) is 0 Å². The van der Waals surface area contributed by atoms with E-state index in [1.165, 1.54) is 16.1 Å². The summed E-state index contributed by atoms with van der Waals surface area (Å²) < 4.78 is 6.63. The van der Waals surface area contributed by atoms with Crippen LogP contribution in [0.4, 0.5) is 5.69 Å². The number of carbonyl (C=O) groups excluding carboxylic acids is 3. The Morgan fingerprint density at radius 2 is 1.85 bits per heavy atom. The molecule has 1 N–H and O–H groups in total. The highest BCUT2D eigenvalue weighted by Gasteiger charge is 2.23. The molecule has 0 radical (unpaired) electrons. The van der Waals surface area contributed by atoms with Gasteiger partial charge in [0.1, 0.15) is 17.8 Å². The number of rotatable bonds is 8. The largest absolute Gasteiger partial charge is 0.482 e. The molecule has 0 bridgehead atoms. The molecule has 0 saturated heterocycles. The Kier molecular flexibility index (Phi) is 7.63. The van der Waals surface area contributed by atoms with Crippen molar-refractivity contribution in [3.8, 4) is 16.9 Å². The van der Waals surface area contributed by atoms with Gasteiger partial charge in [0, 0.05) is 32.7 Å². The molecule has 0 unspecified atom stereocenters. The van der Waals surface area contributed by atoms with Crippen molar-refractivity contribution in [1.82, 2.24) is 24.7 Å². The van der Waals surface area contributed by atoms with Crippen LogP contribution in [-0.2, 0) is 14.4 Å². The number of aromatic nitrogens is 2. The van der Waals surface area contributed by atoms with Crippen molar-refractivity contribution in [2.45, 2.75) is 0 Å². The predicted octanol–water partition coefficient (Wildman–Crippen LogP) is 1.54. The van der Waals surface area contributed by atoms with Crippen LogP contribution in [0.25, 0.3) is 27.7 Å². The van der Waals surface area contributed by atoms with Crippen LogP contribution in [0.2, 0.25) is 0 Å². The highest BCUT2D eigenvalue weighted by atomic mass is 16.5. The highest BCUT2D eigenvalue weighted by Crippen LogP contribution is 2.36. The number of hydrogen-bond acceptors (Lipinski definition) is 7. The van der Waals surface area contributed by atoms with Crippen LogP contribution in [0.15, 0.2) is 66.4 Å². The van der Waals surface area contributed by atoms with Gasteiger partial charge in [0.25, 0.3) is 23.3 Å². The lowest BCUT2D eigenvalue weighted by Crippen LogP contribution is -2.39. The maximum atomic E-state index is 13.4. The lowest BCUT2D eigenvalue weighted by molar-refractivity contribution is -0.127. The molecule has 11 nitrogen and oxygen atoms in total. The van der Waals surface area contributed by atoms with Crippen LogP contribution < -0.4 is 20.5 Å². The molecule has 0 aliphatic carbocycles. The highest BCUT2D eigenvalue weighted by molar-refractivity contribution is 6.15. The van der Waals surface area contributed by atoms with E-state index >= 15 is 0 Å². The van der Waals surface area contributed by atoms with E-state index in [1.807, 2.05) is 31.1 Å². The van der Waals surface area contributed by atoms with Crippen LogP contribution in [-0.4, -0.2) is 85.0 Å². The summed E-state index contributed by atoms with van der Waals surface area (Å²) >= 11 is 0. The molecule has 0 atom stereocenters. The molecular weight excluding hydrogens is 500 g/mol. The van der Waals surface area contributed by atoms with E-state index in [9.17, 15) is 19.2 Å². The average Bonchev–Trinajstić information content (AvgIpc) is 2.92. The number of benzene rings is 2. The molecule has 0 saturated carbocycles. The third-order valence-electron chi connectivity index (χ3n) is 6.45. The molecule has 3 aromatic rings. The summed E-state index contributed by atoms with van der Waals surface area (Å²) in [6, 6.07) is 10.5. The monoisotopic (exact) mass is 530 g/mol. The maximum Gasteiger partial charge on any atom is 0.272 e. The molecule has 11 heteroatoms. The summed E-state index contributed by atoms with van der Waals surface area (Å²) in [5, 5.41) is 2.70. The van der Waals surface area contributed by atoms with Crippen molar-refractivity contribution >= 4 is 40.0 Å². The van der Waals surface area contributed by atoms with Crippen molar-refractivity contribution in [3.05, 3.63) is 71.9 Å². The number of likely N-dealkylation sites (N-methyl/N-ethyl adjacent to an activating group) is 3. The quantitative estimate of drug-likeness (QED) is 0.439. The summed E-state index contributed by atoms with van der Waals surface area (Å²) in [5.41, 5.74) is 1.66. The van der Waals surface area contributed by atoms with E-state index in [-0.39, 0.29) is 29.3 Å². The average molecular weight is 531 g/mol. The number of amides is 3. The van der Waals surface area contributed by atoms with Crippen molar-refractivity contribution in [2.24, 2.45) is 0 Å². The number of ether oxygens (including phenoxy) is 1. The second-order valence-electron chi connectivity index (χ2n) is 9.45. The van der Waals surface area contributed by atoms with Crippen LogP contribution >= 0.6 is 0 Å². The lowest BCUT2D eigenvalue weighted by atomic mass is 10.0. The van der Waals surface area contributed by atoms with Gasteiger partial charge in [-0.25, -0.2) is 4.98 Å². The summed E-state index contributed by atoms with van der Waals surface area (Å²) in [7, 11) is 7.07. The normalized spacial score (nSPS) is 12.6. The lowest BCUT2D eigenvalue weighted by Gasteiger charge is -2.26.